The summed E-state index contributed by atoms with van der Waals surface area (Å²) in [4.78, 5) is 28.8. The second-order valence-electron chi connectivity index (χ2n) is 7.22. The third-order valence-electron chi connectivity index (χ3n) is 4.88. The Labute approximate surface area is 183 Å². The van der Waals surface area contributed by atoms with Crippen LogP contribution < -0.4 is 10.0 Å². The van der Waals surface area contributed by atoms with Gasteiger partial charge in [-0.2, -0.15) is 16.5 Å². The monoisotopic (exact) mass is 456 g/mol. The molecule has 1 heterocycles. The molecule has 1 unspecified atom stereocenters. The molecule has 0 radical (unpaired) electrons. The van der Waals surface area contributed by atoms with Gasteiger partial charge >= 0.3 is 0 Å². The van der Waals surface area contributed by atoms with E-state index in [0.717, 1.165) is 6.42 Å². The Balaban J connectivity index is 1.96. The Morgan fingerprint density at radius 2 is 1.80 bits per heavy atom. The molecule has 30 heavy (non-hydrogen) atoms. The van der Waals surface area contributed by atoms with Gasteiger partial charge in [-0.1, -0.05) is 25.1 Å². The maximum Gasteiger partial charge on any atom is 0.241 e. The quantitative estimate of drug-likeness (QED) is 0.510. The zero-order chi connectivity index (χ0) is 22.0. The van der Waals surface area contributed by atoms with Crippen LogP contribution in [-0.2, 0) is 19.6 Å². The van der Waals surface area contributed by atoms with Crippen LogP contribution in [0.3, 0.4) is 0 Å². The summed E-state index contributed by atoms with van der Waals surface area (Å²) in [7, 11) is -3.78. The van der Waals surface area contributed by atoms with Crippen molar-refractivity contribution in [1.82, 2.24) is 19.8 Å². The van der Waals surface area contributed by atoms with Gasteiger partial charge in [0.2, 0.25) is 21.8 Å². The average Bonchev–Trinajstić information content (AvgIpc) is 2.75. The van der Waals surface area contributed by atoms with Crippen LogP contribution in [-0.4, -0.2) is 87.4 Å². The molecule has 2 N–H and O–H groups in total. The fraction of sp³-hybridized carbons (Fsp3) is 0.600. The van der Waals surface area contributed by atoms with E-state index in [-0.39, 0.29) is 16.7 Å². The minimum atomic E-state index is -3.78. The van der Waals surface area contributed by atoms with Crippen molar-refractivity contribution in [3.05, 3.63) is 30.3 Å². The molecule has 10 heteroatoms. The van der Waals surface area contributed by atoms with Crippen molar-refractivity contribution in [2.75, 3.05) is 51.3 Å². The summed E-state index contributed by atoms with van der Waals surface area (Å²) in [6, 6.07) is 7.28. The summed E-state index contributed by atoms with van der Waals surface area (Å²) >= 11 is 1.57. The molecule has 168 valence electrons. The molecule has 0 saturated carbocycles. The number of thioether (sulfide) groups is 1. The predicted octanol–water partition coefficient (Wildman–Crippen LogP) is 0.757. The van der Waals surface area contributed by atoms with Crippen LogP contribution in [0.5, 0.6) is 0 Å². The van der Waals surface area contributed by atoms with Gasteiger partial charge in [0.25, 0.3) is 0 Å². The van der Waals surface area contributed by atoms with Gasteiger partial charge in [0.15, 0.2) is 0 Å². The van der Waals surface area contributed by atoms with Crippen LogP contribution in [0.1, 0.15) is 19.8 Å². The Hall–Kier alpha value is -1.62. The van der Waals surface area contributed by atoms with E-state index >= 15 is 0 Å². The van der Waals surface area contributed by atoms with Crippen LogP contribution in [0, 0.1) is 0 Å². The van der Waals surface area contributed by atoms with Crippen molar-refractivity contribution in [2.45, 2.75) is 30.7 Å². The van der Waals surface area contributed by atoms with Crippen LogP contribution in [0.4, 0.5) is 0 Å². The zero-order valence-corrected chi connectivity index (χ0v) is 19.3. The second kappa shape index (κ2) is 12.3. The molecule has 0 spiro atoms. The van der Waals surface area contributed by atoms with Crippen molar-refractivity contribution >= 4 is 33.6 Å². The highest BCUT2D eigenvalue weighted by atomic mass is 32.2. The lowest BCUT2D eigenvalue weighted by molar-refractivity contribution is -0.135. The molecule has 1 aromatic carbocycles. The van der Waals surface area contributed by atoms with E-state index in [9.17, 15) is 18.0 Å². The standard InChI is InChI=1S/C20H32N4O4S2/c1-3-10-21-19(25)16-23-11-13-24(14-12-23)20(26)18(9-15-29-2)22-30(27,28)17-7-5-4-6-8-17/h4-8,18,22H,3,9-16H2,1-2H3,(H,21,25). The molecule has 1 fully saturated rings. The van der Waals surface area contributed by atoms with Gasteiger partial charge in [0.05, 0.1) is 11.4 Å². The molecule has 1 aliphatic rings. The summed E-state index contributed by atoms with van der Waals surface area (Å²) in [5, 5.41) is 2.86. The van der Waals surface area contributed by atoms with Crippen molar-refractivity contribution in [1.29, 1.82) is 0 Å². The fourth-order valence-electron chi connectivity index (χ4n) is 3.19. The maximum absolute atomic E-state index is 13.1. The molecule has 2 amide bonds. The Morgan fingerprint density at radius 3 is 2.40 bits per heavy atom. The van der Waals surface area contributed by atoms with E-state index < -0.39 is 16.1 Å². The molecule has 0 aliphatic carbocycles. The van der Waals surface area contributed by atoms with E-state index in [1.807, 2.05) is 18.1 Å². The van der Waals surface area contributed by atoms with E-state index in [2.05, 4.69) is 10.0 Å². The number of piperazine rings is 1. The number of nitrogens with zero attached hydrogens (tertiary/aromatic N) is 2. The first kappa shape index (κ1) is 24.6. The van der Waals surface area contributed by atoms with Gasteiger partial charge in [0.1, 0.15) is 6.04 Å². The summed E-state index contributed by atoms with van der Waals surface area (Å²) in [6.45, 7) is 5.11. The molecule has 8 nitrogen and oxygen atoms in total. The number of nitrogens with one attached hydrogen (secondary N) is 2. The van der Waals surface area contributed by atoms with Gasteiger partial charge in [-0.05, 0) is 37.0 Å². The van der Waals surface area contributed by atoms with Crippen LogP contribution in [0.25, 0.3) is 0 Å². The molecule has 1 saturated heterocycles. The molecular weight excluding hydrogens is 424 g/mol. The van der Waals surface area contributed by atoms with Gasteiger partial charge in [-0.25, -0.2) is 8.42 Å². The number of rotatable bonds is 11. The summed E-state index contributed by atoms with van der Waals surface area (Å²) in [6.07, 6.45) is 3.24. The minimum Gasteiger partial charge on any atom is -0.355 e. The van der Waals surface area contributed by atoms with Crippen LogP contribution >= 0.6 is 11.8 Å². The first-order chi connectivity index (χ1) is 14.4. The first-order valence-corrected chi connectivity index (χ1v) is 13.1. The lowest BCUT2D eigenvalue weighted by Gasteiger charge is -2.36. The van der Waals surface area contributed by atoms with Crippen molar-refractivity contribution in [2.24, 2.45) is 0 Å². The Kier molecular flexibility index (Phi) is 10.1. The highest BCUT2D eigenvalue weighted by Crippen LogP contribution is 2.13. The average molecular weight is 457 g/mol. The van der Waals surface area contributed by atoms with Gasteiger partial charge in [0, 0.05) is 32.7 Å². The lowest BCUT2D eigenvalue weighted by Crippen LogP contribution is -2.56. The number of sulfonamides is 1. The summed E-state index contributed by atoms with van der Waals surface area (Å²) < 4.78 is 28.0. The van der Waals surface area contributed by atoms with Crippen LogP contribution in [0.15, 0.2) is 35.2 Å². The molecule has 1 aliphatic heterocycles. The maximum atomic E-state index is 13.1. The van der Waals surface area contributed by atoms with Crippen molar-refractivity contribution in [3.8, 4) is 0 Å². The highest BCUT2D eigenvalue weighted by molar-refractivity contribution is 7.98. The first-order valence-electron chi connectivity index (χ1n) is 10.2. The molecule has 2 rings (SSSR count). The number of carbonyl (C=O) groups is 2. The zero-order valence-electron chi connectivity index (χ0n) is 17.7. The summed E-state index contributed by atoms with van der Waals surface area (Å²) in [5.74, 6) is 0.453. The topological polar surface area (TPSA) is 98.8 Å². The predicted molar refractivity (Wildman–Crippen MR) is 120 cm³/mol. The van der Waals surface area contributed by atoms with E-state index in [4.69, 9.17) is 0 Å². The van der Waals surface area contributed by atoms with Crippen molar-refractivity contribution in [3.63, 3.8) is 0 Å². The summed E-state index contributed by atoms with van der Waals surface area (Å²) in [5.41, 5.74) is 0. The number of carbonyl (C=O) groups excluding carboxylic acids is 2. The third kappa shape index (κ3) is 7.57. The second-order valence-corrected chi connectivity index (χ2v) is 9.92. The van der Waals surface area contributed by atoms with Crippen LogP contribution in [0.2, 0.25) is 0 Å². The number of hydrogen-bond acceptors (Lipinski definition) is 6. The number of benzene rings is 1. The van der Waals surface area contributed by atoms with E-state index in [0.29, 0.717) is 51.4 Å². The number of hydrogen-bond donors (Lipinski definition) is 2. The van der Waals surface area contributed by atoms with Crippen molar-refractivity contribution < 1.29 is 18.0 Å². The fourth-order valence-corrected chi connectivity index (χ4v) is 4.91. The lowest BCUT2D eigenvalue weighted by atomic mass is 10.2. The smallest absolute Gasteiger partial charge is 0.241 e. The molecule has 0 bridgehead atoms. The molecule has 0 aromatic heterocycles. The SMILES string of the molecule is CCCNC(=O)CN1CCN(C(=O)C(CCSC)NS(=O)(=O)c2ccccc2)CC1. The van der Waals surface area contributed by atoms with E-state index in [1.165, 1.54) is 12.1 Å². The third-order valence-corrected chi connectivity index (χ3v) is 7.01. The minimum absolute atomic E-state index is 0.00917. The van der Waals surface area contributed by atoms with Gasteiger partial charge in [-0.3, -0.25) is 14.5 Å². The Bertz CT molecular complexity index is 781. The van der Waals surface area contributed by atoms with Gasteiger partial charge in [-0.15, -0.1) is 0 Å². The van der Waals surface area contributed by atoms with Gasteiger partial charge < -0.3 is 10.2 Å². The number of amides is 2. The normalized spacial score (nSPS) is 16.3. The molecular formula is C20H32N4O4S2. The molecule has 1 aromatic rings. The molecule has 1 atom stereocenters. The largest absolute Gasteiger partial charge is 0.355 e. The van der Waals surface area contributed by atoms with E-state index in [1.54, 1.807) is 34.9 Å². The Morgan fingerprint density at radius 1 is 1.13 bits per heavy atom. The highest BCUT2D eigenvalue weighted by Gasteiger charge is 2.31.